The Morgan fingerprint density at radius 2 is 2.14 bits per heavy atom. The molecule has 2 atom stereocenters. The van der Waals surface area contributed by atoms with E-state index < -0.39 is 0 Å². The zero-order valence-corrected chi connectivity index (χ0v) is 13.3. The molecule has 2 aliphatic heterocycles. The van der Waals surface area contributed by atoms with Crippen molar-refractivity contribution >= 4 is 11.6 Å². The summed E-state index contributed by atoms with van der Waals surface area (Å²) >= 11 is 0. The predicted octanol–water partition coefficient (Wildman–Crippen LogP) is 1.82. The van der Waals surface area contributed by atoms with Gasteiger partial charge in [-0.05, 0) is 50.6 Å². The van der Waals surface area contributed by atoms with E-state index in [1.165, 1.54) is 6.42 Å². The van der Waals surface area contributed by atoms with E-state index in [4.69, 9.17) is 9.47 Å². The van der Waals surface area contributed by atoms with E-state index in [0.29, 0.717) is 12.5 Å². The number of morpholine rings is 1. The number of carbonyl (C=O) groups excluding carboxylic acids is 1. The first-order valence-electron chi connectivity index (χ1n) is 7.91. The summed E-state index contributed by atoms with van der Waals surface area (Å²) < 4.78 is 11.1. The van der Waals surface area contributed by atoms with Gasteiger partial charge in [0, 0.05) is 18.2 Å². The molecule has 1 aromatic carbocycles. The second-order valence-electron chi connectivity index (χ2n) is 6.32. The van der Waals surface area contributed by atoms with E-state index in [9.17, 15) is 4.79 Å². The van der Waals surface area contributed by atoms with Crippen LogP contribution in [0.2, 0.25) is 0 Å². The van der Waals surface area contributed by atoms with Gasteiger partial charge in [-0.3, -0.25) is 4.79 Å². The Morgan fingerprint density at radius 3 is 2.77 bits per heavy atom. The molecule has 22 heavy (non-hydrogen) atoms. The maximum atomic E-state index is 12.3. The normalized spacial score (nSPS) is 29.5. The highest BCUT2D eigenvalue weighted by molar-refractivity contribution is 5.95. The zero-order valence-electron chi connectivity index (χ0n) is 13.3. The van der Waals surface area contributed by atoms with E-state index in [1.54, 1.807) is 7.11 Å². The Kier molecular flexibility index (Phi) is 4.36. The maximum absolute atomic E-state index is 12.3. The molecule has 0 saturated carbocycles. The van der Waals surface area contributed by atoms with Crippen LogP contribution in [0.15, 0.2) is 24.3 Å². The first-order chi connectivity index (χ1) is 10.6. The summed E-state index contributed by atoms with van der Waals surface area (Å²) in [6, 6.07) is 7.64. The summed E-state index contributed by atoms with van der Waals surface area (Å²) in [5.41, 5.74) is 0.616. The molecule has 0 aromatic heterocycles. The lowest BCUT2D eigenvalue weighted by Crippen LogP contribution is -2.59. The smallest absolute Gasteiger partial charge is 0.253 e. The Bertz CT molecular complexity index is 525. The number of hydrogen-bond donors (Lipinski definition) is 1. The Balaban J connectivity index is 1.78. The third-order valence-corrected chi connectivity index (χ3v) is 4.84. The average molecular weight is 304 g/mol. The summed E-state index contributed by atoms with van der Waals surface area (Å²) in [6.45, 7) is 4.92. The number of nitrogens with zero attached hydrogens (tertiary/aromatic N) is 1. The lowest BCUT2D eigenvalue weighted by molar-refractivity contribution is -0.144. The molecule has 2 fully saturated rings. The number of nitrogens with one attached hydrogen (secondary N) is 1. The average Bonchev–Trinajstić information content (AvgIpc) is 2.58. The van der Waals surface area contributed by atoms with Crippen molar-refractivity contribution in [3.63, 3.8) is 0 Å². The van der Waals surface area contributed by atoms with Gasteiger partial charge in [0.05, 0.1) is 19.3 Å². The van der Waals surface area contributed by atoms with Gasteiger partial charge in [0.2, 0.25) is 0 Å². The molecule has 1 amide bonds. The van der Waals surface area contributed by atoms with Crippen LogP contribution in [0.1, 0.15) is 19.8 Å². The van der Waals surface area contributed by atoms with Gasteiger partial charge in [-0.15, -0.1) is 0 Å². The van der Waals surface area contributed by atoms with Crippen molar-refractivity contribution in [2.75, 3.05) is 38.3 Å². The first-order valence-corrected chi connectivity index (χ1v) is 7.91. The Labute approximate surface area is 131 Å². The van der Waals surface area contributed by atoms with E-state index in [1.807, 2.05) is 29.2 Å². The number of piperidine rings is 1. The number of carbonyl (C=O) groups is 1. The molecule has 5 nitrogen and oxygen atoms in total. The van der Waals surface area contributed by atoms with Crippen molar-refractivity contribution in [1.82, 2.24) is 5.32 Å². The second-order valence-corrected chi connectivity index (χ2v) is 6.32. The summed E-state index contributed by atoms with van der Waals surface area (Å²) in [5, 5.41) is 3.44. The molecule has 0 radical (unpaired) electrons. The van der Waals surface area contributed by atoms with E-state index in [2.05, 4.69) is 12.2 Å². The van der Waals surface area contributed by atoms with Crippen LogP contribution in [-0.2, 0) is 9.53 Å². The fourth-order valence-electron chi connectivity index (χ4n) is 3.37. The number of ether oxygens (including phenoxy) is 2. The summed E-state index contributed by atoms with van der Waals surface area (Å²) in [6.07, 6.45) is 2.31. The second kappa shape index (κ2) is 6.26. The van der Waals surface area contributed by atoms with Crippen molar-refractivity contribution in [2.45, 2.75) is 25.4 Å². The highest BCUT2D eigenvalue weighted by Crippen LogP contribution is 2.33. The molecule has 0 bridgehead atoms. The summed E-state index contributed by atoms with van der Waals surface area (Å²) in [7, 11) is 1.64. The monoisotopic (exact) mass is 304 g/mol. The van der Waals surface area contributed by atoms with Crippen LogP contribution < -0.4 is 15.0 Å². The molecule has 0 spiro atoms. The standard InChI is InChI=1S/C17H24N2O3/c1-17(13-4-3-9-18-10-13)12-19(16(20)11-22-17)14-5-7-15(21-2)8-6-14/h5-8,13,18H,3-4,9-12H2,1-2H3. The third-order valence-electron chi connectivity index (χ3n) is 4.84. The molecule has 2 aliphatic rings. The van der Waals surface area contributed by atoms with Gasteiger partial charge in [0.25, 0.3) is 5.91 Å². The highest BCUT2D eigenvalue weighted by Gasteiger charge is 2.42. The number of methoxy groups -OCH3 is 1. The minimum atomic E-state index is -0.290. The molecular weight excluding hydrogens is 280 g/mol. The van der Waals surface area contributed by atoms with Gasteiger partial charge in [0.15, 0.2) is 0 Å². The van der Waals surface area contributed by atoms with Crippen LogP contribution in [0, 0.1) is 5.92 Å². The SMILES string of the molecule is COc1ccc(N2CC(C)(C3CCCNC3)OCC2=O)cc1. The molecule has 1 aromatic rings. The van der Waals surface area contributed by atoms with Gasteiger partial charge in [-0.2, -0.15) is 0 Å². The molecule has 3 rings (SSSR count). The molecule has 2 unspecified atom stereocenters. The minimum absolute atomic E-state index is 0.0198. The number of hydrogen-bond acceptors (Lipinski definition) is 4. The maximum Gasteiger partial charge on any atom is 0.253 e. The molecule has 0 aliphatic carbocycles. The van der Waals surface area contributed by atoms with Crippen molar-refractivity contribution in [2.24, 2.45) is 5.92 Å². The van der Waals surface area contributed by atoms with Crippen LogP contribution in [0.25, 0.3) is 0 Å². The van der Waals surface area contributed by atoms with Crippen LogP contribution in [0.4, 0.5) is 5.69 Å². The fraction of sp³-hybridized carbons (Fsp3) is 0.588. The molecule has 5 heteroatoms. The van der Waals surface area contributed by atoms with Crippen LogP contribution >= 0.6 is 0 Å². The lowest BCUT2D eigenvalue weighted by atomic mass is 9.82. The topological polar surface area (TPSA) is 50.8 Å². The van der Waals surface area contributed by atoms with E-state index in [-0.39, 0.29) is 18.1 Å². The van der Waals surface area contributed by atoms with Crippen molar-refractivity contribution in [3.05, 3.63) is 24.3 Å². The Morgan fingerprint density at radius 1 is 1.36 bits per heavy atom. The molecular formula is C17H24N2O3. The van der Waals surface area contributed by atoms with Crippen LogP contribution in [-0.4, -0.2) is 44.9 Å². The Hall–Kier alpha value is -1.59. The van der Waals surface area contributed by atoms with Gasteiger partial charge < -0.3 is 19.7 Å². The van der Waals surface area contributed by atoms with Crippen molar-refractivity contribution in [1.29, 1.82) is 0 Å². The fourth-order valence-corrected chi connectivity index (χ4v) is 3.37. The minimum Gasteiger partial charge on any atom is -0.497 e. The van der Waals surface area contributed by atoms with Gasteiger partial charge in [-0.1, -0.05) is 0 Å². The van der Waals surface area contributed by atoms with Gasteiger partial charge in [0.1, 0.15) is 12.4 Å². The number of anilines is 1. The van der Waals surface area contributed by atoms with Crippen molar-refractivity contribution < 1.29 is 14.3 Å². The van der Waals surface area contributed by atoms with Crippen LogP contribution in [0.3, 0.4) is 0 Å². The zero-order chi connectivity index (χ0) is 15.6. The van der Waals surface area contributed by atoms with Crippen LogP contribution in [0.5, 0.6) is 5.75 Å². The summed E-state index contributed by atoms with van der Waals surface area (Å²) in [4.78, 5) is 14.1. The predicted molar refractivity (Wildman–Crippen MR) is 85.3 cm³/mol. The van der Waals surface area contributed by atoms with Gasteiger partial charge in [-0.25, -0.2) is 0 Å². The van der Waals surface area contributed by atoms with Gasteiger partial charge >= 0.3 is 0 Å². The summed E-state index contributed by atoms with van der Waals surface area (Å²) in [5.74, 6) is 1.25. The highest BCUT2D eigenvalue weighted by atomic mass is 16.5. The molecule has 120 valence electrons. The number of rotatable bonds is 3. The van der Waals surface area contributed by atoms with Crippen molar-refractivity contribution in [3.8, 4) is 5.75 Å². The van der Waals surface area contributed by atoms with E-state index >= 15 is 0 Å². The molecule has 2 saturated heterocycles. The van der Waals surface area contributed by atoms with E-state index in [0.717, 1.165) is 30.9 Å². The number of benzene rings is 1. The number of amides is 1. The lowest BCUT2D eigenvalue weighted by Gasteiger charge is -2.46. The first kappa shape index (κ1) is 15.3. The quantitative estimate of drug-likeness (QED) is 0.925. The molecule has 2 heterocycles. The largest absolute Gasteiger partial charge is 0.497 e. The third kappa shape index (κ3) is 2.96. The molecule has 1 N–H and O–H groups in total.